The number of amides is 1. The summed E-state index contributed by atoms with van der Waals surface area (Å²) >= 11 is 0. The lowest BCUT2D eigenvalue weighted by molar-refractivity contribution is -0.128. The molecule has 0 aromatic heterocycles. The third-order valence-electron chi connectivity index (χ3n) is 4.50. The van der Waals surface area contributed by atoms with E-state index in [1.165, 1.54) is 38.5 Å². The molecule has 2 rings (SSSR count). The van der Waals surface area contributed by atoms with Gasteiger partial charge in [0, 0.05) is 18.7 Å². The second-order valence-electron chi connectivity index (χ2n) is 5.61. The Labute approximate surface area is 98.7 Å². The van der Waals surface area contributed by atoms with E-state index in [1.54, 1.807) is 6.92 Å². The Morgan fingerprint density at radius 3 is 2.56 bits per heavy atom. The smallest absolute Gasteiger partial charge is 0.248 e. The van der Waals surface area contributed by atoms with Crippen LogP contribution in [0, 0.1) is 11.8 Å². The normalized spacial score (nSPS) is 33.2. The fourth-order valence-corrected chi connectivity index (χ4v) is 3.50. The molecule has 2 aliphatic carbocycles. The van der Waals surface area contributed by atoms with Crippen LogP contribution >= 0.6 is 0 Å². The minimum atomic E-state index is 0.126. The van der Waals surface area contributed by atoms with E-state index in [9.17, 15) is 4.79 Å². The van der Waals surface area contributed by atoms with Crippen LogP contribution in [0.15, 0.2) is 12.2 Å². The average molecular weight is 221 g/mol. The fourth-order valence-electron chi connectivity index (χ4n) is 3.50. The molecule has 2 saturated carbocycles. The minimum absolute atomic E-state index is 0.126. The quantitative estimate of drug-likeness (QED) is 0.656. The Hall–Kier alpha value is -0.790. The Balaban J connectivity index is 1.95. The Bertz CT molecular complexity index is 297. The van der Waals surface area contributed by atoms with Crippen LogP contribution in [0.1, 0.15) is 45.4 Å². The molecule has 3 unspecified atom stereocenters. The number of likely N-dealkylation sites (N-methyl/N-ethyl adjacent to an activating group) is 1. The number of hydrogen-bond donors (Lipinski definition) is 0. The van der Waals surface area contributed by atoms with Crippen LogP contribution in [0.3, 0.4) is 0 Å². The molecule has 0 bridgehead atoms. The summed E-state index contributed by atoms with van der Waals surface area (Å²) in [6.07, 6.45) is 7.95. The van der Waals surface area contributed by atoms with E-state index in [-0.39, 0.29) is 5.91 Å². The van der Waals surface area contributed by atoms with Crippen LogP contribution in [0.4, 0.5) is 0 Å². The van der Waals surface area contributed by atoms with Crippen molar-refractivity contribution in [3.05, 3.63) is 12.2 Å². The molecule has 0 N–H and O–H groups in total. The second-order valence-corrected chi connectivity index (χ2v) is 5.61. The van der Waals surface area contributed by atoms with Crippen LogP contribution in [0.25, 0.3) is 0 Å². The van der Waals surface area contributed by atoms with E-state index in [1.807, 2.05) is 11.9 Å². The summed E-state index contributed by atoms with van der Waals surface area (Å²) < 4.78 is 0. The molecule has 0 spiro atoms. The van der Waals surface area contributed by atoms with E-state index in [0.29, 0.717) is 11.6 Å². The molecule has 0 heterocycles. The van der Waals surface area contributed by atoms with Crippen LogP contribution in [0.5, 0.6) is 0 Å². The van der Waals surface area contributed by atoms with Crippen molar-refractivity contribution in [1.82, 2.24) is 4.90 Å². The van der Waals surface area contributed by atoms with Crippen molar-refractivity contribution in [3.8, 4) is 0 Å². The topological polar surface area (TPSA) is 20.3 Å². The first-order chi connectivity index (χ1) is 7.59. The lowest BCUT2D eigenvalue weighted by Crippen LogP contribution is -2.41. The zero-order chi connectivity index (χ0) is 11.7. The summed E-state index contributed by atoms with van der Waals surface area (Å²) in [4.78, 5) is 13.8. The molecule has 2 nitrogen and oxygen atoms in total. The van der Waals surface area contributed by atoms with Gasteiger partial charge in [0.05, 0.1) is 0 Å². The van der Waals surface area contributed by atoms with Gasteiger partial charge in [-0.1, -0.05) is 25.8 Å². The van der Waals surface area contributed by atoms with E-state index in [4.69, 9.17) is 0 Å². The van der Waals surface area contributed by atoms with Crippen LogP contribution in [0.2, 0.25) is 0 Å². The molecule has 0 aliphatic heterocycles. The van der Waals surface area contributed by atoms with Crippen LogP contribution in [-0.4, -0.2) is 23.9 Å². The summed E-state index contributed by atoms with van der Waals surface area (Å²) in [5.41, 5.74) is 0.663. The van der Waals surface area contributed by atoms with Crippen molar-refractivity contribution in [2.75, 3.05) is 7.05 Å². The standard InChI is InChI=1S/C14H23NO/c1-10(2)14(16)15(3)13-8-7-11-5-4-6-12(11)9-13/h11-13H,1,4-9H2,2-3H3. The van der Waals surface area contributed by atoms with Gasteiger partial charge in [0.15, 0.2) is 0 Å². The van der Waals surface area contributed by atoms with E-state index in [2.05, 4.69) is 6.58 Å². The molecule has 16 heavy (non-hydrogen) atoms. The molecule has 2 heteroatoms. The van der Waals surface area contributed by atoms with Gasteiger partial charge in [-0.25, -0.2) is 0 Å². The maximum Gasteiger partial charge on any atom is 0.248 e. The summed E-state index contributed by atoms with van der Waals surface area (Å²) in [7, 11) is 1.94. The monoisotopic (exact) mass is 221 g/mol. The summed E-state index contributed by atoms with van der Waals surface area (Å²) in [5.74, 6) is 1.98. The summed E-state index contributed by atoms with van der Waals surface area (Å²) in [5, 5.41) is 0. The first kappa shape index (κ1) is 11.7. The van der Waals surface area contributed by atoms with Gasteiger partial charge in [0.1, 0.15) is 0 Å². The van der Waals surface area contributed by atoms with Crippen molar-refractivity contribution in [2.45, 2.75) is 51.5 Å². The average Bonchev–Trinajstić information content (AvgIpc) is 2.73. The molecule has 0 aromatic carbocycles. The predicted octanol–water partition coefficient (Wildman–Crippen LogP) is 2.99. The molecule has 0 radical (unpaired) electrons. The molecule has 0 aromatic rings. The maximum atomic E-state index is 11.9. The van der Waals surface area contributed by atoms with Crippen LogP contribution in [-0.2, 0) is 4.79 Å². The SMILES string of the molecule is C=C(C)C(=O)N(C)C1CCC2CCCC2C1. The minimum Gasteiger partial charge on any atom is -0.339 e. The van der Waals surface area contributed by atoms with Gasteiger partial charge in [-0.05, 0) is 38.0 Å². The fraction of sp³-hybridized carbons (Fsp3) is 0.786. The number of hydrogen-bond acceptors (Lipinski definition) is 1. The maximum absolute atomic E-state index is 11.9. The Morgan fingerprint density at radius 2 is 1.88 bits per heavy atom. The highest BCUT2D eigenvalue weighted by Gasteiger charge is 2.36. The Morgan fingerprint density at radius 1 is 1.19 bits per heavy atom. The third-order valence-corrected chi connectivity index (χ3v) is 4.50. The summed E-state index contributed by atoms with van der Waals surface area (Å²) in [6.45, 7) is 5.55. The molecule has 1 amide bonds. The van der Waals surface area contributed by atoms with Crippen molar-refractivity contribution in [1.29, 1.82) is 0 Å². The highest BCUT2D eigenvalue weighted by Crippen LogP contribution is 2.43. The zero-order valence-electron chi connectivity index (χ0n) is 10.5. The predicted molar refractivity (Wildman–Crippen MR) is 66.1 cm³/mol. The third kappa shape index (κ3) is 2.16. The highest BCUT2D eigenvalue weighted by atomic mass is 16.2. The number of nitrogens with zero attached hydrogens (tertiary/aromatic N) is 1. The van der Waals surface area contributed by atoms with Gasteiger partial charge < -0.3 is 4.90 Å². The van der Waals surface area contributed by atoms with Crippen molar-refractivity contribution >= 4 is 5.91 Å². The van der Waals surface area contributed by atoms with Gasteiger partial charge in [0.2, 0.25) is 5.91 Å². The molecule has 3 atom stereocenters. The van der Waals surface area contributed by atoms with E-state index in [0.717, 1.165) is 11.8 Å². The van der Waals surface area contributed by atoms with E-state index >= 15 is 0 Å². The van der Waals surface area contributed by atoms with Crippen molar-refractivity contribution < 1.29 is 4.79 Å². The summed E-state index contributed by atoms with van der Waals surface area (Å²) in [6, 6.07) is 0.462. The first-order valence-electron chi connectivity index (χ1n) is 6.52. The van der Waals surface area contributed by atoms with Gasteiger partial charge in [0.25, 0.3) is 0 Å². The van der Waals surface area contributed by atoms with Gasteiger partial charge in [-0.3, -0.25) is 4.79 Å². The highest BCUT2D eigenvalue weighted by molar-refractivity contribution is 5.92. The number of fused-ring (bicyclic) bond motifs is 1. The van der Waals surface area contributed by atoms with Crippen LogP contribution < -0.4 is 0 Å². The first-order valence-corrected chi connectivity index (χ1v) is 6.52. The molecule has 90 valence electrons. The van der Waals surface area contributed by atoms with Crippen molar-refractivity contribution in [2.24, 2.45) is 11.8 Å². The molecular weight excluding hydrogens is 198 g/mol. The molecular formula is C14H23NO. The number of rotatable bonds is 2. The largest absolute Gasteiger partial charge is 0.339 e. The van der Waals surface area contributed by atoms with Gasteiger partial charge >= 0.3 is 0 Å². The van der Waals surface area contributed by atoms with Crippen molar-refractivity contribution in [3.63, 3.8) is 0 Å². The molecule has 2 aliphatic rings. The second kappa shape index (κ2) is 4.60. The van der Waals surface area contributed by atoms with E-state index < -0.39 is 0 Å². The van der Waals surface area contributed by atoms with Gasteiger partial charge in [-0.2, -0.15) is 0 Å². The Kier molecular flexibility index (Phi) is 3.36. The molecule has 2 fully saturated rings. The number of carbonyl (C=O) groups excluding carboxylic acids is 1. The lowest BCUT2D eigenvalue weighted by atomic mass is 9.78. The van der Waals surface area contributed by atoms with Gasteiger partial charge in [-0.15, -0.1) is 0 Å². The lowest BCUT2D eigenvalue weighted by Gasteiger charge is -2.37. The molecule has 0 saturated heterocycles. The zero-order valence-corrected chi connectivity index (χ0v) is 10.5. The number of carbonyl (C=O) groups is 1.